The number of carbonyl (C=O) groups is 2. The molecule has 1 saturated heterocycles. The third kappa shape index (κ3) is 4.05. The molecular weight excluding hydrogens is 372 g/mol. The molecule has 0 aliphatic carbocycles. The van der Waals surface area contributed by atoms with E-state index in [4.69, 9.17) is 5.26 Å². The molecule has 1 aliphatic heterocycles. The molecule has 0 N–H and O–H groups in total. The first-order valence-corrected chi connectivity index (χ1v) is 9.74. The Hall–Kier alpha value is -3.16. The van der Waals surface area contributed by atoms with E-state index >= 15 is 0 Å². The third-order valence-corrected chi connectivity index (χ3v) is 5.46. The molecule has 1 unspecified atom stereocenters. The van der Waals surface area contributed by atoms with Gasteiger partial charge in [-0.3, -0.25) is 9.59 Å². The van der Waals surface area contributed by atoms with E-state index in [2.05, 4.69) is 24.9 Å². The number of aromatic nitrogens is 1. The Morgan fingerprint density at radius 3 is 2.46 bits per heavy atom. The maximum Gasteiger partial charge on any atom is 0.247 e. The van der Waals surface area contributed by atoms with Crippen LogP contribution in [0.3, 0.4) is 0 Å². The fraction of sp³-hybridized carbons (Fsp3) is 0.286. The van der Waals surface area contributed by atoms with Gasteiger partial charge >= 0.3 is 0 Å². The molecule has 7 heteroatoms. The summed E-state index contributed by atoms with van der Waals surface area (Å²) in [5.41, 5.74) is 2.16. The van der Waals surface area contributed by atoms with E-state index in [0.717, 1.165) is 28.8 Å². The molecule has 1 atom stereocenters. The Labute approximate surface area is 167 Å². The minimum atomic E-state index is -0.628. The SMILES string of the molecule is CC(C)Cc1ccc(C#N)c(SC2CC(=O)N(c3ccc(C#N)cc3)C2=O)n1. The molecule has 1 aromatic heterocycles. The molecule has 2 aromatic rings. The lowest BCUT2D eigenvalue weighted by Crippen LogP contribution is -2.31. The van der Waals surface area contributed by atoms with Crippen LogP contribution in [0.25, 0.3) is 0 Å². The predicted octanol–water partition coefficient (Wildman–Crippen LogP) is 3.45. The van der Waals surface area contributed by atoms with E-state index in [1.165, 1.54) is 0 Å². The molecule has 1 fully saturated rings. The summed E-state index contributed by atoms with van der Waals surface area (Å²) in [6, 6.07) is 14.0. The summed E-state index contributed by atoms with van der Waals surface area (Å²) < 4.78 is 0. The standard InChI is InChI=1S/C21H18N4O2S/c1-13(2)9-16-6-5-15(12-23)20(24-16)28-18-10-19(26)25(21(18)27)17-7-3-14(11-22)4-8-17/h3-8,13,18H,9-10H2,1-2H3. The van der Waals surface area contributed by atoms with Gasteiger partial charge in [-0.2, -0.15) is 10.5 Å². The van der Waals surface area contributed by atoms with Crippen LogP contribution in [0.2, 0.25) is 0 Å². The number of anilines is 1. The number of nitriles is 2. The molecular formula is C21H18N4O2S. The van der Waals surface area contributed by atoms with Crippen molar-refractivity contribution in [1.29, 1.82) is 10.5 Å². The molecule has 2 heterocycles. The van der Waals surface area contributed by atoms with Crippen molar-refractivity contribution in [2.75, 3.05) is 4.90 Å². The molecule has 0 saturated carbocycles. The summed E-state index contributed by atoms with van der Waals surface area (Å²) in [5.74, 6) is -0.219. The van der Waals surface area contributed by atoms with Crippen molar-refractivity contribution in [2.24, 2.45) is 5.92 Å². The van der Waals surface area contributed by atoms with Crippen LogP contribution in [0.5, 0.6) is 0 Å². The van der Waals surface area contributed by atoms with Gasteiger partial charge in [-0.1, -0.05) is 25.6 Å². The monoisotopic (exact) mass is 390 g/mol. The Balaban J connectivity index is 1.84. The highest BCUT2D eigenvalue weighted by atomic mass is 32.2. The molecule has 0 bridgehead atoms. The average molecular weight is 390 g/mol. The van der Waals surface area contributed by atoms with E-state index in [1.54, 1.807) is 30.3 Å². The van der Waals surface area contributed by atoms with Crippen LogP contribution < -0.4 is 4.90 Å². The van der Waals surface area contributed by atoms with Gasteiger partial charge in [-0.25, -0.2) is 9.88 Å². The van der Waals surface area contributed by atoms with Gasteiger partial charge < -0.3 is 0 Å². The van der Waals surface area contributed by atoms with Crippen LogP contribution in [-0.4, -0.2) is 22.0 Å². The lowest BCUT2D eigenvalue weighted by atomic mass is 10.1. The number of hydrogen-bond donors (Lipinski definition) is 0. The van der Waals surface area contributed by atoms with Crippen molar-refractivity contribution in [3.05, 3.63) is 53.2 Å². The van der Waals surface area contributed by atoms with E-state index in [0.29, 0.717) is 27.8 Å². The van der Waals surface area contributed by atoms with Crippen LogP contribution in [0.4, 0.5) is 5.69 Å². The number of amides is 2. The highest BCUT2D eigenvalue weighted by Gasteiger charge is 2.40. The second kappa shape index (κ2) is 8.24. The summed E-state index contributed by atoms with van der Waals surface area (Å²) in [4.78, 5) is 31.0. The number of carbonyl (C=O) groups excluding carboxylic acids is 2. The number of benzene rings is 1. The van der Waals surface area contributed by atoms with E-state index < -0.39 is 5.25 Å². The lowest BCUT2D eigenvalue weighted by Gasteiger charge is -2.15. The Morgan fingerprint density at radius 1 is 1.14 bits per heavy atom. The fourth-order valence-corrected chi connectivity index (χ4v) is 4.09. The van der Waals surface area contributed by atoms with Crippen molar-refractivity contribution in [1.82, 2.24) is 4.98 Å². The van der Waals surface area contributed by atoms with Crippen LogP contribution in [-0.2, 0) is 16.0 Å². The molecule has 0 spiro atoms. The quantitative estimate of drug-likeness (QED) is 0.725. The van der Waals surface area contributed by atoms with Crippen LogP contribution in [0.1, 0.15) is 37.1 Å². The Bertz CT molecular complexity index is 1000. The zero-order chi connectivity index (χ0) is 20.3. The van der Waals surface area contributed by atoms with Gasteiger partial charge in [0.1, 0.15) is 11.1 Å². The molecule has 2 amide bonds. The van der Waals surface area contributed by atoms with Gasteiger partial charge in [-0.05, 0) is 48.7 Å². The zero-order valence-corrected chi connectivity index (χ0v) is 16.4. The number of thioether (sulfide) groups is 1. The summed E-state index contributed by atoms with van der Waals surface area (Å²) in [7, 11) is 0. The minimum Gasteiger partial charge on any atom is -0.274 e. The van der Waals surface area contributed by atoms with Crippen molar-refractivity contribution >= 4 is 29.3 Å². The largest absolute Gasteiger partial charge is 0.274 e. The van der Waals surface area contributed by atoms with Gasteiger partial charge in [0, 0.05) is 12.1 Å². The second-order valence-corrected chi connectivity index (χ2v) is 8.09. The van der Waals surface area contributed by atoms with Gasteiger partial charge in [0.2, 0.25) is 11.8 Å². The molecule has 28 heavy (non-hydrogen) atoms. The van der Waals surface area contributed by atoms with Crippen molar-refractivity contribution < 1.29 is 9.59 Å². The van der Waals surface area contributed by atoms with Gasteiger partial charge in [0.05, 0.1) is 28.1 Å². The summed E-state index contributed by atoms with van der Waals surface area (Å²) in [6.45, 7) is 4.17. The van der Waals surface area contributed by atoms with Gasteiger partial charge in [0.15, 0.2) is 0 Å². The molecule has 6 nitrogen and oxygen atoms in total. The fourth-order valence-electron chi connectivity index (χ4n) is 2.97. The van der Waals surface area contributed by atoms with Crippen LogP contribution >= 0.6 is 11.8 Å². The van der Waals surface area contributed by atoms with Gasteiger partial charge in [-0.15, -0.1) is 0 Å². The van der Waals surface area contributed by atoms with Crippen LogP contribution in [0.15, 0.2) is 41.4 Å². The maximum absolute atomic E-state index is 12.8. The topological polar surface area (TPSA) is 97.9 Å². The summed E-state index contributed by atoms with van der Waals surface area (Å²) in [5, 5.41) is 18.1. The first kappa shape index (κ1) is 19.6. The summed E-state index contributed by atoms with van der Waals surface area (Å²) >= 11 is 1.16. The number of imide groups is 1. The highest BCUT2D eigenvalue weighted by Crippen LogP contribution is 2.34. The number of pyridine rings is 1. The Morgan fingerprint density at radius 2 is 1.86 bits per heavy atom. The van der Waals surface area contributed by atoms with Gasteiger partial charge in [0.25, 0.3) is 0 Å². The second-order valence-electron chi connectivity index (χ2n) is 6.90. The van der Waals surface area contributed by atoms with Crippen molar-refractivity contribution in [2.45, 2.75) is 37.0 Å². The Kier molecular flexibility index (Phi) is 5.77. The first-order chi connectivity index (χ1) is 13.4. The highest BCUT2D eigenvalue weighted by molar-refractivity contribution is 8.00. The molecule has 1 aliphatic rings. The number of hydrogen-bond acceptors (Lipinski definition) is 6. The molecule has 3 rings (SSSR count). The first-order valence-electron chi connectivity index (χ1n) is 8.86. The number of nitrogens with zero attached hydrogens (tertiary/aromatic N) is 4. The molecule has 140 valence electrons. The van der Waals surface area contributed by atoms with Crippen LogP contribution in [0, 0.1) is 28.6 Å². The lowest BCUT2D eigenvalue weighted by molar-refractivity contribution is -0.121. The minimum absolute atomic E-state index is 0.0461. The predicted molar refractivity (Wildman–Crippen MR) is 105 cm³/mol. The zero-order valence-electron chi connectivity index (χ0n) is 15.5. The molecule has 1 aromatic carbocycles. The van der Waals surface area contributed by atoms with E-state index in [1.807, 2.05) is 12.1 Å². The molecule has 0 radical (unpaired) electrons. The van der Waals surface area contributed by atoms with Crippen molar-refractivity contribution in [3.63, 3.8) is 0 Å². The number of rotatable bonds is 5. The average Bonchev–Trinajstić information content (AvgIpc) is 2.95. The summed E-state index contributed by atoms with van der Waals surface area (Å²) in [6.07, 6.45) is 0.818. The smallest absolute Gasteiger partial charge is 0.247 e. The third-order valence-electron chi connectivity index (χ3n) is 4.27. The van der Waals surface area contributed by atoms with E-state index in [9.17, 15) is 14.9 Å². The van der Waals surface area contributed by atoms with E-state index in [-0.39, 0.29) is 18.2 Å². The maximum atomic E-state index is 12.8. The van der Waals surface area contributed by atoms with Crippen molar-refractivity contribution in [3.8, 4) is 12.1 Å². The normalized spacial score (nSPS) is 16.3.